The Morgan fingerprint density at radius 1 is 1.37 bits per heavy atom. The molecule has 19 heavy (non-hydrogen) atoms. The van der Waals surface area contributed by atoms with E-state index < -0.39 is 0 Å². The van der Waals surface area contributed by atoms with Crippen LogP contribution in [-0.4, -0.2) is 17.1 Å². The summed E-state index contributed by atoms with van der Waals surface area (Å²) in [5.41, 5.74) is 0.922. The zero-order chi connectivity index (χ0) is 13.7. The number of aromatic amines is 1. The predicted molar refractivity (Wildman–Crippen MR) is 83.8 cm³/mol. The van der Waals surface area contributed by atoms with Gasteiger partial charge in [-0.1, -0.05) is 30.4 Å². The van der Waals surface area contributed by atoms with Gasteiger partial charge < -0.3 is 9.72 Å². The molecule has 2 aromatic rings. The van der Waals surface area contributed by atoms with Gasteiger partial charge in [-0.2, -0.15) is 0 Å². The van der Waals surface area contributed by atoms with Crippen LogP contribution in [0.15, 0.2) is 39.7 Å². The number of benzene rings is 1. The molecule has 0 radical (unpaired) electrons. The summed E-state index contributed by atoms with van der Waals surface area (Å²) in [7, 11) is 1.65. The largest absolute Gasteiger partial charge is 0.378 e. The van der Waals surface area contributed by atoms with Crippen LogP contribution >= 0.6 is 39.9 Å². The molecular weight excluding hydrogens is 344 g/mol. The number of nitrogens with zero attached hydrogens (tertiary/aromatic N) is 1. The normalized spacial score (nSPS) is 10.6. The van der Waals surface area contributed by atoms with Crippen molar-refractivity contribution in [1.82, 2.24) is 9.97 Å². The molecule has 1 aromatic heterocycles. The fourth-order valence-electron chi connectivity index (χ4n) is 1.54. The first kappa shape index (κ1) is 14.7. The standard InChI is InChI=1S/C13H13BrN2OS2/c1-17-7-10-12(14)13(18)16-11(15-10)8-19-9-5-3-2-4-6-9/h2-6H,7-8H2,1H3,(H,15,16,18). The maximum atomic E-state index is 5.23. The van der Waals surface area contributed by atoms with Gasteiger partial charge in [0.1, 0.15) is 10.5 Å². The summed E-state index contributed by atoms with van der Waals surface area (Å²) >= 11 is 10.4. The third-order valence-electron chi connectivity index (χ3n) is 2.39. The lowest BCUT2D eigenvalue weighted by Crippen LogP contribution is -2.01. The van der Waals surface area contributed by atoms with Crippen LogP contribution in [0.25, 0.3) is 0 Å². The summed E-state index contributed by atoms with van der Waals surface area (Å²) in [5.74, 6) is 1.60. The zero-order valence-electron chi connectivity index (χ0n) is 10.4. The van der Waals surface area contributed by atoms with Crippen molar-refractivity contribution in [3.63, 3.8) is 0 Å². The van der Waals surface area contributed by atoms with Crippen molar-refractivity contribution in [3.05, 3.63) is 51.0 Å². The van der Waals surface area contributed by atoms with Crippen LogP contribution in [0.1, 0.15) is 11.5 Å². The molecule has 1 heterocycles. The lowest BCUT2D eigenvalue weighted by Gasteiger charge is -2.07. The molecule has 0 fully saturated rings. The number of halogens is 1. The molecule has 0 spiro atoms. The van der Waals surface area contributed by atoms with Crippen molar-refractivity contribution >= 4 is 39.9 Å². The Labute approximate surface area is 129 Å². The zero-order valence-corrected chi connectivity index (χ0v) is 13.6. The van der Waals surface area contributed by atoms with E-state index in [-0.39, 0.29) is 0 Å². The number of ether oxygens (including phenoxy) is 1. The van der Waals surface area contributed by atoms with Crippen LogP contribution in [0.5, 0.6) is 0 Å². The lowest BCUT2D eigenvalue weighted by atomic mass is 10.4. The maximum Gasteiger partial charge on any atom is 0.144 e. The second-order valence-corrected chi connectivity index (χ2v) is 6.04. The first-order valence-electron chi connectivity index (χ1n) is 5.65. The van der Waals surface area contributed by atoms with E-state index in [0.29, 0.717) is 11.2 Å². The molecule has 0 amide bonds. The Morgan fingerprint density at radius 2 is 2.11 bits per heavy atom. The highest BCUT2D eigenvalue weighted by molar-refractivity contribution is 9.10. The molecule has 0 aliphatic carbocycles. The molecule has 3 nitrogen and oxygen atoms in total. The van der Waals surface area contributed by atoms with E-state index in [9.17, 15) is 0 Å². The van der Waals surface area contributed by atoms with Crippen molar-refractivity contribution in [2.24, 2.45) is 0 Å². The summed E-state index contributed by atoms with van der Waals surface area (Å²) in [6, 6.07) is 10.2. The number of thioether (sulfide) groups is 1. The van der Waals surface area contributed by atoms with Crippen LogP contribution in [0, 0.1) is 4.64 Å². The predicted octanol–water partition coefficient (Wildman–Crippen LogP) is 4.34. The number of H-pyrrole nitrogens is 1. The maximum absolute atomic E-state index is 5.23. The smallest absolute Gasteiger partial charge is 0.144 e. The number of nitrogens with one attached hydrogen (secondary N) is 1. The minimum absolute atomic E-state index is 0.482. The highest BCUT2D eigenvalue weighted by atomic mass is 79.9. The number of hydrogen-bond acceptors (Lipinski definition) is 4. The highest BCUT2D eigenvalue weighted by Crippen LogP contribution is 2.23. The van der Waals surface area contributed by atoms with Crippen LogP contribution in [0.4, 0.5) is 0 Å². The summed E-state index contributed by atoms with van der Waals surface area (Å²) in [5, 5.41) is 0. The molecule has 0 aliphatic rings. The molecule has 0 atom stereocenters. The van der Waals surface area contributed by atoms with Gasteiger partial charge in [0.05, 0.1) is 22.5 Å². The minimum atomic E-state index is 0.482. The van der Waals surface area contributed by atoms with Gasteiger partial charge in [-0.3, -0.25) is 0 Å². The van der Waals surface area contributed by atoms with E-state index in [1.807, 2.05) is 18.2 Å². The molecule has 6 heteroatoms. The minimum Gasteiger partial charge on any atom is -0.378 e. The second kappa shape index (κ2) is 7.19. The van der Waals surface area contributed by atoms with E-state index in [2.05, 4.69) is 38.0 Å². The summed E-state index contributed by atoms with van der Waals surface area (Å²) < 4.78 is 6.51. The molecule has 0 unspecified atom stereocenters. The van der Waals surface area contributed by atoms with Gasteiger partial charge in [0.25, 0.3) is 0 Å². The number of methoxy groups -OCH3 is 1. The third kappa shape index (κ3) is 4.14. The molecule has 2 rings (SSSR count). The van der Waals surface area contributed by atoms with Gasteiger partial charge in [0, 0.05) is 12.0 Å². The van der Waals surface area contributed by atoms with Gasteiger partial charge in [0.15, 0.2) is 0 Å². The SMILES string of the molecule is COCc1[nH]c(CSc2ccccc2)nc(=S)c1Br. The number of rotatable bonds is 5. The Hall–Kier alpha value is -0.690. The lowest BCUT2D eigenvalue weighted by molar-refractivity contribution is 0.180. The van der Waals surface area contributed by atoms with Crippen LogP contribution in [-0.2, 0) is 17.1 Å². The van der Waals surface area contributed by atoms with Crippen molar-refractivity contribution in [1.29, 1.82) is 0 Å². The quantitative estimate of drug-likeness (QED) is 0.638. The number of aromatic nitrogens is 2. The Bertz CT molecular complexity index is 601. The summed E-state index contributed by atoms with van der Waals surface area (Å²) in [6.07, 6.45) is 0. The molecule has 1 aromatic carbocycles. The second-order valence-electron chi connectivity index (χ2n) is 3.82. The first-order valence-corrected chi connectivity index (χ1v) is 7.83. The average molecular weight is 357 g/mol. The van der Waals surface area contributed by atoms with Gasteiger partial charge >= 0.3 is 0 Å². The van der Waals surface area contributed by atoms with Crippen LogP contribution < -0.4 is 0 Å². The van der Waals surface area contributed by atoms with Gasteiger partial charge in [-0.05, 0) is 28.1 Å². The molecule has 100 valence electrons. The average Bonchev–Trinajstić information content (AvgIpc) is 2.43. The highest BCUT2D eigenvalue weighted by Gasteiger charge is 2.06. The van der Waals surface area contributed by atoms with E-state index in [4.69, 9.17) is 17.0 Å². The Balaban J connectivity index is 2.14. The monoisotopic (exact) mass is 356 g/mol. The van der Waals surface area contributed by atoms with Crippen molar-refractivity contribution in [3.8, 4) is 0 Å². The van der Waals surface area contributed by atoms with Crippen molar-refractivity contribution in [2.75, 3.05) is 7.11 Å². The molecule has 0 saturated heterocycles. The molecule has 1 N–H and O–H groups in total. The fourth-order valence-corrected chi connectivity index (χ4v) is 2.86. The summed E-state index contributed by atoms with van der Waals surface area (Å²) in [4.78, 5) is 8.83. The summed E-state index contributed by atoms with van der Waals surface area (Å²) in [6.45, 7) is 0.482. The van der Waals surface area contributed by atoms with Crippen molar-refractivity contribution in [2.45, 2.75) is 17.3 Å². The third-order valence-corrected chi connectivity index (χ3v) is 4.83. The van der Waals surface area contributed by atoms with Gasteiger partial charge in [-0.25, -0.2) is 4.98 Å². The van der Waals surface area contributed by atoms with Crippen LogP contribution in [0.3, 0.4) is 0 Å². The van der Waals surface area contributed by atoms with Gasteiger partial charge in [0.2, 0.25) is 0 Å². The first-order chi connectivity index (χ1) is 9.20. The molecule has 0 saturated carbocycles. The molecular formula is C13H13BrN2OS2. The Kier molecular flexibility index (Phi) is 5.57. The van der Waals surface area contributed by atoms with E-state index in [0.717, 1.165) is 21.7 Å². The topological polar surface area (TPSA) is 37.9 Å². The van der Waals surface area contributed by atoms with E-state index in [1.54, 1.807) is 18.9 Å². The van der Waals surface area contributed by atoms with E-state index in [1.165, 1.54) is 4.90 Å². The van der Waals surface area contributed by atoms with Crippen molar-refractivity contribution < 1.29 is 4.74 Å². The Morgan fingerprint density at radius 3 is 2.79 bits per heavy atom. The van der Waals surface area contributed by atoms with E-state index >= 15 is 0 Å². The molecule has 0 bridgehead atoms. The molecule has 0 aliphatic heterocycles. The van der Waals surface area contributed by atoms with Crippen LogP contribution in [0.2, 0.25) is 0 Å². The fraction of sp³-hybridized carbons (Fsp3) is 0.231. The van der Waals surface area contributed by atoms with Gasteiger partial charge in [-0.15, -0.1) is 11.8 Å². The number of hydrogen-bond donors (Lipinski definition) is 1.